The minimum absolute atomic E-state index is 0.526. The first kappa shape index (κ1) is 13.5. The third-order valence-corrected chi connectivity index (χ3v) is 3.56. The van der Waals surface area contributed by atoms with E-state index in [-0.39, 0.29) is 0 Å². The van der Waals surface area contributed by atoms with Crippen molar-refractivity contribution in [2.75, 3.05) is 33.4 Å². The molecule has 0 aromatic heterocycles. The number of hydrogen-bond acceptors (Lipinski definition) is 3. The average molecular weight is 248 g/mol. The molecular weight excluding hydrogens is 224 g/mol. The van der Waals surface area contributed by atoms with Crippen LogP contribution in [-0.2, 0) is 11.3 Å². The lowest BCUT2D eigenvalue weighted by molar-refractivity contribution is 0.0708. The first-order valence-corrected chi connectivity index (χ1v) is 6.80. The van der Waals surface area contributed by atoms with Gasteiger partial charge in [0.2, 0.25) is 0 Å². The summed E-state index contributed by atoms with van der Waals surface area (Å²) in [5, 5.41) is 3.50. The van der Waals surface area contributed by atoms with Crippen molar-refractivity contribution in [3.63, 3.8) is 0 Å². The van der Waals surface area contributed by atoms with Gasteiger partial charge >= 0.3 is 0 Å². The summed E-state index contributed by atoms with van der Waals surface area (Å²) in [6.45, 7) is 7.02. The Balaban J connectivity index is 1.74. The van der Waals surface area contributed by atoms with E-state index >= 15 is 0 Å². The van der Waals surface area contributed by atoms with Crippen LogP contribution in [0, 0.1) is 6.92 Å². The van der Waals surface area contributed by atoms with Gasteiger partial charge in [-0.25, -0.2) is 0 Å². The van der Waals surface area contributed by atoms with Crippen LogP contribution in [0.5, 0.6) is 0 Å². The number of morpholine rings is 1. The molecule has 0 amide bonds. The zero-order valence-electron chi connectivity index (χ0n) is 11.5. The van der Waals surface area contributed by atoms with Gasteiger partial charge in [-0.15, -0.1) is 0 Å². The molecule has 0 spiro atoms. The minimum Gasteiger partial charge on any atom is -0.379 e. The van der Waals surface area contributed by atoms with Gasteiger partial charge in [-0.05, 0) is 38.1 Å². The minimum atomic E-state index is 0.526. The summed E-state index contributed by atoms with van der Waals surface area (Å²) in [5.41, 5.74) is 2.80. The fourth-order valence-electron chi connectivity index (χ4n) is 2.34. The van der Waals surface area contributed by atoms with E-state index in [1.54, 1.807) is 0 Å². The van der Waals surface area contributed by atoms with Crippen LogP contribution in [0.2, 0.25) is 0 Å². The van der Waals surface area contributed by atoms with Gasteiger partial charge in [0.05, 0.1) is 13.2 Å². The summed E-state index contributed by atoms with van der Waals surface area (Å²) in [6.07, 6.45) is 1.16. The van der Waals surface area contributed by atoms with Gasteiger partial charge in [-0.3, -0.25) is 0 Å². The Morgan fingerprint density at radius 3 is 2.94 bits per heavy atom. The molecule has 1 aliphatic heterocycles. The second-order valence-corrected chi connectivity index (χ2v) is 5.18. The molecule has 3 nitrogen and oxygen atoms in total. The van der Waals surface area contributed by atoms with Crippen LogP contribution in [-0.4, -0.2) is 44.3 Å². The third kappa shape index (κ3) is 4.09. The van der Waals surface area contributed by atoms with Crippen LogP contribution in [0.15, 0.2) is 24.3 Å². The van der Waals surface area contributed by atoms with Crippen molar-refractivity contribution < 1.29 is 4.74 Å². The van der Waals surface area contributed by atoms with Crippen LogP contribution in [0.3, 0.4) is 0 Å². The molecule has 0 saturated carbocycles. The lowest BCUT2D eigenvalue weighted by atomic mass is 10.1. The maximum Gasteiger partial charge on any atom is 0.0620 e. The highest BCUT2D eigenvalue weighted by atomic mass is 16.5. The Morgan fingerprint density at radius 2 is 2.22 bits per heavy atom. The van der Waals surface area contributed by atoms with Gasteiger partial charge in [-0.1, -0.05) is 24.3 Å². The van der Waals surface area contributed by atoms with Crippen molar-refractivity contribution in [1.82, 2.24) is 10.2 Å². The predicted molar refractivity (Wildman–Crippen MR) is 74.7 cm³/mol. The molecule has 1 saturated heterocycles. The molecule has 18 heavy (non-hydrogen) atoms. The van der Waals surface area contributed by atoms with Gasteiger partial charge in [0.25, 0.3) is 0 Å². The highest BCUT2D eigenvalue weighted by Crippen LogP contribution is 2.10. The third-order valence-electron chi connectivity index (χ3n) is 3.56. The van der Waals surface area contributed by atoms with E-state index in [2.05, 4.69) is 48.5 Å². The topological polar surface area (TPSA) is 24.5 Å². The van der Waals surface area contributed by atoms with E-state index in [1.807, 2.05) is 0 Å². The summed E-state index contributed by atoms with van der Waals surface area (Å²) in [7, 11) is 2.19. The Morgan fingerprint density at radius 1 is 1.39 bits per heavy atom. The fourth-order valence-corrected chi connectivity index (χ4v) is 2.34. The molecular formula is C15H24N2O. The lowest BCUT2D eigenvalue weighted by Gasteiger charge is -2.26. The first-order valence-electron chi connectivity index (χ1n) is 6.80. The van der Waals surface area contributed by atoms with Crippen molar-refractivity contribution >= 4 is 0 Å². The number of ether oxygens (including phenoxy) is 1. The van der Waals surface area contributed by atoms with Crippen molar-refractivity contribution in [3.05, 3.63) is 35.4 Å². The largest absolute Gasteiger partial charge is 0.379 e. The standard InChI is InChI=1S/C15H24N2O/c1-13-5-3-4-6-14(13)11-17(2)9-7-15-12-18-10-8-16-15/h3-6,15-16H,7-12H2,1-2H3. The SMILES string of the molecule is Cc1ccccc1CN(C)CCC1COCCN1. The molecule has 1 fully saturated rings. The quantitative estimate of drug-likeness (QED) is 0.860. The molecule has 1 unspecified atom stereocenters. The number of hydrogen-bond donors (Lipinski definition) is 1. The first-order chi connectivity index (χ1) is 8.75. The van der Waals surface area contributed by atoms with Crippen LogP contribution in [0.1, 0.15) is 17.5 Å². The highest BCUT2D eigenvalue weighted by Gasteiger charge is 2.13. The smallest absolute Gasteiger partial charge is 0.0620 e. The average Bonchev–Trinajstić information content (AvgIpc) is 2.40. The van der Waals surface area contributed by atoms with E-state index in [1.165, 1.54) is 11.1 Å². The molecule has 2 rings (SSSR count). The molecule has 1 aliphatic rings. The van der Waals surface area contributed by atoms with Crippen molar-refractivity contribution in [1.29, 1.82) is 0 Å². The van der Waals surface area contributed by atoms with Gasteiger partial charge < -0.3 is 15.0 Å². The summed E-state index contributed by atoms with van der Waals surface area (Å²) >= 11 is 0. The molecule has 1 aromatic rings. The number of aryl methyl sites for hydroxylation is 1. The van der Waals surface area contributed by atoms with E-state index in [0.717, 1.165) is 39.3 Å². The second-order valence-electron chi connectivity index (χ2n) is 5.18. The summed E-state index contributed by atoms with van der Waals surface area (Å²) in [6, 6.07) is 9.14. The van der Waals surface area contributed by atoms with Gasteiger partial charge in [0.1, 0.15) is 0 Å². The fraction of sp³-hybridized carbons (Fsp3) is 0.600. The Labute approximate surface area is 110 Å². The predicted octanol–water partition coefficient (Wildman–Crippen LogP) is 1.81. The molecule has 100 valence electrons. The van der Waals surface area contributed by atoms with Crippen molar-refractivity contribution in [2.45, 2.75) is 25.9 Å². The number of nitrogens with zero attached hydrogens (tertiary/aromatic N) is 1. The number of benzene rings is 1. The zero-order valence-corrected chi connectivity index (χ0v) is 11.5. The van der Waals surface area contributed by atoms with Gasteiger partial charge in [-0.2, -0.15) is 0 Å². The Bertz CT molecular complexity index is 361. The Kier molecular flexibility index (Phi) is 5.17. The van der Waals surface area contributed by atoms with Gasteiger partial charge in [0, 0.05) is 19.1 Å². The van der Waals surface area contributed by atoms with Gasteiger partial charge in [0.15, 0.2) is 0 Å². The van der Waals surface area contributed by atoms with Crippen molar-refractivity contribution in [3.8, 4) is 0 Å². The highest BCUT2D eigenvalue weighted by molar-refractivity contribution is 5.25. The van der Waals surface area contributed by atoms with E-state index in [9.17, 15) is 0 Å². The summed E-state index contributed by atoms with van der Waals surface area (Å²) in [5.74, 6) is 0. The molecule has 0 bridgehead atoms. The lowest BCUT2D eigenvalue weighted by Crippen LogP contribution is -2.42. The van der Waals surface area contributed by atoms with E-state index in [0.29, 0.717) is 6.04 Å². The number of nitrogens with one attached hydrogen (secondary N) is 1. The monoisotopic (exact) mass is 248 g/mol. The molecule has 1 atom stereocenters. The van der Waals surface area contributed by atoms with Crippen molar-refractivity contribution in [2.24, 2.45) is 0 Å². The van der Waals surface area contributed by atoms with Crippen LogP contribution in [0.4, 0.5) is 0 Å². The zero-order chi connectivity index (χ0) is 12.8. The summed E-state index contributed by atoms with van der Waals surface area (Å²) in [4.78, 5) is 2.39. The van der Waals surface area contributed by atoms with E-state index in [4.69, 9.17) is 4.74 Å². The summed E-state index contributed by atoms with van der Waals surface area (Å²) < 4.78 is 5.47. The van der Waals surface area contributed by atoms with Crippen LogP contribution >= 0.6 is 0 Å². The van der Waals surface area contributed by atoms with Crippen LogP contribution < -0.4 is 5.32 Å². The molecule has 0 aliphatic carbocycles. The molecule has 1 N–H and O–H groups in total. The van der Waals surface area contributed by atoms with E-state index < -0.39 is 0 Å². The maximum atomic E-state index is 5.47. The second kappa shape index (κ2) is 6.88. The number of rotatable bonds is 5. The molecule has 1 aromatic carbocycles. The molecule has 1 heterocycles. The Hall–Kier alpha value is -0.900. The maximum absolute atomic E-state index is 5.47. The molecule has 0 radical (unpaired) electrons. The normalized spacial score (nSPS) is 20.3. The van der Waals surface area contributed by atoms with Crippen LogP contribution in [0.25, 0.3) is 0 Å². The molecule has 3 heteroatoms.